The highest BCUT2D eigenvalue weighted by molar-refractivity contribution is 7.20. The molecule has 0 unspecified atom stereocenters. The number of amides is 6. The summed E-state index contributed by atoms with van der Waals surface area (Å²) in [6, 6.07) is 16.7. The van der Waals surface area contributed by atoms with E-state index in [2.05, 4.69) is 26.3 Å². The molecule has 2 saturated carbocycles. The number of hydrogen-bond donors (Lipinski definition) is 4. The second-order valence-electron chi connectivity index (χ2n) is 20.4. The molecule has 76 heavy (non-hydrogen) atoms. The minimum Gasteiger partial charge on any atom is -0.495 e. The third-order valence-corrected chi connectivity index (χ3v) is 15.9. The molecule has 19 heteroatoms. The molecular weight excluding hydrogens is 998 g/mol. The second kappa shape index (κ2) is 26.9. The van der Waals surface area contributed by atoms with Crippen molar-refractivity contribution in [3.63, 3.8) is 0 Å². The molecule has 0 bridgehead atoms. The van der Waals surface area contributed by atoms with Gasteiger partial charge in [-0.05, 0) is 93.2 Å². The highest BCUT2D eigenvalue weighted by Gasteiger charge is 2.42. The van der Waals surface area contributed by atoms with Crippen LogP contribution < -0.4 is 26.0 Å². The van der Waals surface area contributed by atoms with Crippen LogP contribution >= 0.6 is 11.3 Å². The Labute approximate surface area is 447 Å². The quantitative estimate of drug-likeness (QED) is 0.0629. The van der Waals surface area contributed by atoms with E-state index in [1.165, 1.54) is 13.3 Å². The second-order valence-corrected chi connectivity index (χ2v) is 21.4. The number of methoxy groups -OCH3 is 1. The van der Waals surface area contributed by atoms with Gasteiger partial charge in [0.05, 0.1) is 25.6 Å². The lowest BCUT2D eigenvalue weighted by Crippen LogP contribution is -2.56. The van der Waals surface area contributed by atoms with Crippen molar-refractivity contribution < 1.29 is 46.7 Å². The number of benzene rings is 2. The molecule has 2 aromatic carbocycles. The Morgan fingerprint density at radius 2 is 1.64 bits per heavy atom. The molecule has 3 aliphatic rings. The van der Waals surface area contributed by atoms with Crippen molar-refractivity contribution in [3.8, 4) is 17.0 Å². The highest BCUT2D eigenvalue weighted by atomic mass is 32.1. The van der Waals surface area contributed by atoms with Gasteiger partial charge in [-0.15, -0.1) is 0 Å². The predicted molar refractivity (Wildman–Crippen MR) is 287 cm³/mol. The van der Waals surface area contributed by atoms with Crippen LogP contribution in [0, 0.1) is 23.7 Å². The lowest BCUT2D eigenvalue weighted by Gasteiger charge is -2.35. The van der Waals surface area contributed by atoms with Crippen molar-refractivity contribution in [1.29, 1.82) is 0 Å². The summed E-state index contributed by atoms with van der Waals surface area (Å²) >= 11 is 1.12. The first-order chi connectivity index (χ1) is 36.5. The lowest BCUT2D eigenvalue weighted by molar-refractivity contribution is -0.183. The molecule has 6 amide bonds. The maximum absolute atomic E-state index is 14.3. The molecule has 408 valence electrons. The Balaban J connectivity index is 0.893. The van der Waals surface area contributed by atoms with Gasteiger partial charge in [0.25, 0.3) is 5.91 Å². The zero-order valence-corrected chi connectivity index (χ0v) is 44.7. The van der Waals surface area contributed by atoms with E-state index < -0.39 is 30.1 Å². The molecule has 2 aliphatic carbocycles. The van der Waals surface area contributed by atoms with E-state index in [0.717, 1.165) is 60.1 Å². The fraction of sp³-hybridized carbons (Fsp3) is 0.509. The van der Waals surface area contributed by atoms with Crippen LogP contribution in [0.1, 0.15) is 131 Å². The first kappa shape index (κ1) is 57.1. The zero-order chi connectivity index (χ0) is 54.4. The smallest absolute Gasteiger partial charge is 0.391 e. The summed E-state index contributed by atoms with van der Waals surface area (Å²) in [7, 11) is 3.15. The van der Waals surface area contributed by atoms with E-state index in [-0.39, 0.29) is 90.3 Å². The molecule has 4 N–H and O–H groups in total. The Morgan fingerprint density at radius 3 is 2.36 bits per heavy atom. The van der Waals surface area contributed by atoms with Crippen molar-refractivity contribution in [2.75, 3.05) is 37.9 Å². The van der Waals surface area contributed by atoms with Crippen molar-refractivity contribution in [1.82, 2.24) is 30.4 Å². The van der Waals surface area contributed by atoms with Crippen molar-refractivity contribution in [3.05, 3.63) is 95.3 Å². The summed E-state index contributed by atoms with van der Waals surface area (Å²) in [6.07, 6.45) is 9.04. The molecule has 3 heterocycles. The number of allylic oxidation sites excluding steroid dienone is 1. The van der Waals surface area contributed by atoms with E-state index in [1.807, 2.05) is 68.5 Å². The fourth-order valence-electron chi connectivity index (χ4n) is 10.2. The van der Waals surface area contributed by atoms with E-state index in [1.54, 1.807) is 35.1 Å². The van der Waals surface area contributed by atoms with Gasteiger partial charge in [-0.2, -0.15) is 13.2 Å². The number of carbonyl (C=O) groups excluding carboxylic acids is 6. The molecule has 1 aliphatic heterocycles. The third kappa shape index (κ3) is 15.5. The monoisotopic (exact) mass is 1070 g/mol. The van der Waals surface area contributed by atoms with Crippen LogP contribution in [-0.4, -0.2) is 101 Å². The van der Waals surface area contributed by atoms with Crippen molar-refractivity contribution in [2.45, 2.75) is 135 Å². The Bertz CT molecular complexity index is 2690. The van der Waals surface area contributed by atoms with Crippen molar-refractivity contribution >= 4 is 63.0 Å². The van der Waals surface area contributed by atoms with Crippen LogP contribution in [0.15, 0.2) is 72.9 Å². The number of rotatable bonds is 21. The summed E-state index contributed by atoms with van der Waals surface area (Å²) in [4.78, 5) is 93.6. The number of aromatic nitrogens is 2. The summed E-state index contributed by atoms with van der Waals surface area (Å²) in [5.74, 6) is -2.71. The molecule has 3 fully saturated rings. The zero-order valence-electron chi connectivity index (χ0n) is 43.9. The van der Waals surface area contributed by atoms with Crippen LogP contribution in [0.5, 0.6) is 5.75 Å². The molecule has 0 spiro atoms. The van der Waals surface area contributed by atoms with Gasteiger partial charge in [-0.3, -0.25) is 28.8 Å². The van der Waals surface area contributed by atoms with Gasteiger partial charge in [0.1, 0.15) is 34.2 Å². The molecule has 0 radical (unpaired) electrons. The van der Waals surface area contributed by atoms with Crippen LogP contribution in [-0.2, 0) is 36.9 Å². The molecule has 2 aromatic heterocycles. The van der Waals surface area contributed by atoms with E-state index >= 15 is 0 Å². The Morgan fingerprint density at radius 1 is 0.908 bits per heavy atom. The molecule has 15 nitrogen and oxygen atoms in total. The number of alkyl halides is 3. The average molecular weight is 1070 g/mol. The minimum atomic E-state index is -4.18. The number of halogens is 3. The summed E-state index contributed by atoms with van der Waals surface area (Å²) in [5, 5.41) is 12.6. The summed E-state index contributed by atoms with van der Waals surface area (Å²) in [5.41, 5.74) is 3.44. The largest absolute Gasteiger partial charge is 0.495 e. The topological polar surface area (TPSA) is 192 Å². The predicted octanol–water partition coefficient (Wildman–Crippen LogP) is 9.99. The molecule has 3 atom stereocenters. The number of likely N-dealkylation sites (tertiary alicyclic amines) is 1. The van der Waals surface area contributed by atoms with Gasteiger partial charge in [0.2, 0.25) is 29.5 Å². The van der Waals surface area contributed by atoms with Crippen LogP contribution in [0.3, 0.4) is 0 Å². The number of hydrogen-bond acceptors (Lipinski definition) is 10. The van der Waals surface area contributed by atoms with Crippen LogP contribution in [0.2, 0.25) is 0 Å². The van der Waals surface area contributed by atoms with Gasteiger partial charge >= 0.3 is 6.18 Å². The first-order valence-corrected chi connectivity index (χ1v) is 27.5. The molecule has 1 saturated heterocycles. The van der Waals surface area contributed by atoms with E-state index in [9.17, 15) is 41.9 Å². The molecule has 7 rings (SSSR count). The number of ether oxygens (including phenoxy) is 1. The van der Waals surface area contributed by atoms with Gasteiger partial charge in [-0.25, -0.2) is 9.97 Å². The van der Waals surface area contributed by atoms with Crippen LogP contribution in [0.25, 0.3) is 17.3 Å². The third-order valence-electron chi connectivity index (χ3n) is 15.0. The van der Waals surface area contributed by atoms with Crippen LogP contribution in [0.4, 0.5) is 23.3 Å². The highest BCUT2D eigenvalue weighted by Crippen LogP contribution is 2.41. The first-order valence-electron chi connectivity index (χ1n) is 26.7. The minimum absolute atomic E-state index is 0.00820. The summed E-state index contributed by atoms with van der Waals surface area (Å²) < 4.78 is 44.9. The fourth-order valence-corrected chi connectivity index (χ4v) is 11.1. The number of nitrogens with zero attached hydrogens (tertiary/aromatic N) is 4. The number of carbonyl (C=O) groups is 6. The molecular formula is C57H71F3N8O7S. The van der Waals surface area contributed by atoms with Gasteiger partial charge < -0.3 is 35.8 Å². The Kier molecular flexibility index (Phi) is 20.2. The van der Waals surface area contributed by atoms with Crippen molar-refractivity contribution in [2.24, 2.45) is 23.7 Å². The standard InChI is InChI=1S/C57H71F3N8O7S/c1-5-36(2)51(71)64-50(41-19-10-7-11-20-41)55(74)68-30-13-21-45(68)53(73)66-54-49(40-17-8-6-9-18-40)65-56(76-54)63-47(69)22-14-29-67(3)48(70)32-38-15-12-16-39(31-38)34-62-52(72)44-33-42(46(75-4)35-61-44)26-23-37-24-27-43(28-25-37)57(58,59)60/h6,8-9,12,15-18,23,26,31,33,35-37,41,43,45,50H,5,7,10-11,13-14,19-22,24-25,27-30,32,34H2,1-4H3,(H,62,72)(H,64,71)(H,66,73)(H,63,65,69)/b26-23+/t36-,37?,43?,45+,50+/m1/s1. The normalized spacial score (nSPS) is 18.9. The van der Waals surface area contributed by atoms with Gasteiger partial charge in [0, 0.05) is 50.1 Å². The summed E-state index contributed by atoms with van der Waals surface area (Å²) in [6.45, 7) is 4.67. The lowest BCUT2D eigenvalue weighted by atomic mass is 9.81. The number of thiazole rings is 1. The maximum atomic E-state index is 14.3. The Hall–Kier alpha value is -6.63. The average Bonchev–Trinajstić information content (AvgIpc) is 4.09. The number of likely N-dealkylation sites (N-methyl/N-ethyl adjacent to an activating group) is 1. The van der Waals surface area contributed by atoms with Gasteiger partial charge in [0.15, 0.2) is 5.13 Å². The van der Waals surface area contributed by atoms with E-state index in [4.69, 9.17) is 9.72 Å². The SMILES string of the molecule is CC[C@@H](C)C(=O)N[C@H](C(=O)N1CCC[C@H]1C(=O)Nc1sc(NC(=O)CCCN(C)C(=O)Cc2cccc(CNC(=O)c3cc(/C=C/C4CCC(C(F)(F)F)CC4)c(OC)cn3)c2)nc1-c1ccccc1)C1CCCCC1. The van der Waals surface area contributed by atoms with Gasteiger partial charge in [-0.1, -0.05) is 111 Å². The van der Waals surface area contributed by atoms with E-state index in [0.29, 0.717) is 73.6 Å². The molecule has 4 aromatic rings. The number of nitrogens with one attached hydrogen (secondary N) is 4. The number of pyridine rings is 1. The maximum Gasteiger partial charge on any atom is 0.391 e. The number of anilines is 2.